The Morgan fingerprint density at radius 2 is 1.56 bits per heavy atom. The predicted molar refractivity (Wildman–Crippen MR) is 115 cm³/mol. The molecule has 0 radical (unpaired) electrons. The van der Waals surface area contributed by atoms with Crippen LogP contribution in [0.1, 0.15) is 37.7 Å². The molecule has 0 aliphatic carbocycles. The summed E-state index contributed by atoms with van der Waals surface area (Å²) in [6, 6.07) is 10.2. The van der Waals surface area contributed by atoms with Crippen molar-refractivity contribution in [3.05, 3.63) is 82.4 Å². The van der Waals surface area contributed by atoms with Crippen molar-refractivity contribution in [3.8, 4) is 5.69 Å². The molecule has 0 saturated heterocycles. The molecule has 9 nitrogen and oxygen atoms in total. The van der Waals surface area contributed by atoms with Gasteiger partial charge in [-0.15, -0.1) is 0 Å². The standard InChI is InChI=1S/C22H19FN4O5/c1-12-7-16(11-24-26-22(32)25-18-5-3-17(23)4-6-18)13(2)27(12)19-9-14(20(28)29)8-15(10-19)21(30)31/h3-11H,1-2H3,(H,28,29)(H,30,31)(H2,25,26,32)/b24-11+. The second-order valence-electron chi connectivity index (χ2n) is 6.87. The molecule has 0 aliphatic heterocycles. The average Bonchev–Trinajstić information content (AvgIpc) is 3.02. The number of carbonyl (C=O) groups excluding carboxylic acids is 1. The second-order valence-corrected chi connectivity index (χ2v) is 6.87. The molecule has 0 fully saturated rings. The van der Waals surface area contributed by atoms with Crippen LogP contribution in [0.15, 0.2) is 53.6 Å². The molecule has 10 heteroatoms. The summed E-state index contributed by atoms with van der Waals surface area (Å²) in [4.78, 5) is 34.7. The maximum Gasteiger partial charge on any atom is 0.339 e. The number of nitrogens with zero attached hydrogens (tertiary/aromatic N) is 2. The normalized spacial score (nSPS) is 10.8. The van der Waals surface area contributed by atoms with Crippen molar-refractivity contribution in [2.75, 3.05) is 5.32 Å². The van der Waals surface area contributed by atoms with Gasteiger partial charge in [0, 0.05) is 28.3 Å². The number of hydrogen-bond acceptors (Lipinski definition) is 4. The van der Waals surface area contributed by atoms with Crippen LogP contribution in [0, 0.1) is 19.7 Å². The topological polar surface area (TPSA) is 133 Å². The van der Waals surface area contributed by atoms with Crippen molar-refractivity contribution in [3.63, 3.8) is 0 Å². The Morgan fingerprint density at radius 3 is 2.12 bits per heavy atom. The number of hydrazone groups is 1. The summed E-state index contributed by atoms with van der Waals surface area (Å²) in [5.41, 5.74) is 4.76. The van der Waals surface area contributed by atoms with Gasteiger partial charge in [-0.2, -0.15) is 5.10 Å². The number of carboxylic acids is 2. The number of hydrogen-bond donors (Lipinski definition) is 4. The molecule has 3 aromatic rings. The summed E-state index contributed by atoms with van der Waals surface area (Å²) in [5.74, 6) is -2.90. The van der Waals surface area contributed by atoms with Crippen LogP contribution < -0.4 is 10.7 Å². The van der Waals surface area contributed by atoms with Gasteiger partial charge >= 0.3 is 18.0 Å². The van der Waals surface area contributed by atoms with Gasteiger partial charge < -0.3 is 20.1 Å². The van der Waals surface area contributed by atoms with Gasteiger partial charge in [0.05, 0.1) is 17.3 Å². The van der Waals surface area contributed by atoms with Crippen LogP contribution in [-0.4, -0.2) is 39.0 Å². The van der Waals surface area contributed by atoms with E-state index in [-0.39, 0.29) is 11.1 Å². The summed E-state index contributed by atoms with van der Waals surface area (Å²) in [6.45, 7) is 3.52. The first-order valence-electron chi connectivity index (χ1n) is 9.32. The van der Waals surface area contributed by atoms with E-state index in [1.54, 1.807) is 24.5 Å². The minimum atomic E-state index is -1.24. The number of nitrogens with one attached hydrogen (secondary N) is 2. The highest BCUT2D eigenvalue weighted by molar-refractivity contribution is 5.95. The van der Waals surface area contributed by atoms with E-state index in [1.807, 2.05) is 0 Å². The number of amides is 2. The minimum absolute atomic E-state index is 0.151. The molecular formula is C22H19FN4O5. The van der Waals surface area contributed by atoms with Crippen molar-refractivity contribution in [2.24, 2.45) is 5.10 Å². The summed E-state index contributed by atoms with van der Waals surface area (Å²) in [7, 11) is 0. The van der Waals surface area contributed by atoms with Crippen molar-refractivity contribution in [1.29, 1.82) is 0 Å². The van der Waals surface area contributed by atoms with Crippen LogP contribution in [0.4, 0.5) is 14.9 Å². The van der Waals surface area contributed by atoms with E-state index in [0.717, 1.165) is 6.07 Å². The lowest BCUT2D eigenvalue weighted by Gasteiger charge is -2.12. The van der Waals surface area contributed by atoms with E-state index in [9.17, 15) is 29.0 Å². The Hall–Kier alpha value is -4.47. The number of benzene rings is 2. The molecule has 0 spiro atoms. The molecule has 0 aliphatic rings. The Morgan fingerprint density at radius 1 is 0.969 bits per heavy atom. The van der Waals surface area contributed by atoms with E-state index in [1.165, 1.54) is 42.6 Å². The van der Waals surface area contributed by atoms with Crippen LogP contribution >= 0.6 is 0 Å². The quantitative estimate of drug-likeness (QED) is 0.343. The summed E-state index contributed by atoms with van der Waals surface area (Å²) in [5, 5.41) is 25.0. The number of rotatable bonds is 6. The summed E-state index contributed by atoms with van der Waals surface area (Å²) >= 11 is 0. The molecule has 0 saturated carbocycles. The van der Waals surface area contributed by atoms with E-state index in [0.29, 0.717) is 28.3 Å². The molecule has 32 heavy (non-hydrogen) atoms. The minimum Gasteiger partial charge on any atom is -0.478 e. The molecule has 0 unspecified atom stereocenters. The zero-order valence-electron chi connectivity index (χ0n) is 17.1. The van der Waals surface area contributed by atoms with E-state index >= 15 is 0 Å². The highest BCUT2D eigenvalue weighted by Gasteiger charge is 2.16. The molecule has 0 atom stereocenters. The van der Waals surface area contributed by atoms with Gasteiger partial charge in [0.2, 0.25) is 0 Å². The lowest BCUT2D eigenvalue weighted by molar-refractivity contribution is 0.0696. The Kier molecular flexibility index (Phi) is 6.34. The van der Waals surface area contributed by atoms with Crippen LogP contribution in [0.2, 0.25) is 0 Å². The number of carbonyl (C=O) groups is 3. The Bertz CT molecular complexity index is 1200. The lowest BCUT2D eigenvalue weighted by atomic mass is 10.1. The predicted octanol–water partition coefficient (Wildman–Crippen LogP) is 3.79. The number of aromatic nitrogens is 1. The second kappa shape index (κ2) is 9.13. The summed E-state index contributed by atoms with van der Waals surface area (Å²) < 4.78 is 14.6. The third kappa shape index (κ3) is 4.98. The number of aryl methyl sites for hydroxylation is 1. The smallest absolute Gasteiger partial charge is 0.339 e. The van der Waals surface area contributed by atoms with Crippen LogP contribution in [-0.2, 0) is 0 Å². The van der Waals surface area contributed by atoms with Gasteiger partial charge in [-0.3, -0.25) is 0 Å². The monoisotopic (exact) mass is 438 g/mol. The van der Waals surface area contributed by atoms with Crippen molar-refractivity contribution < 1.29 is 29.0 Å². The Labute approximate surface area is 181 Å². The fourth-order valence-electron chi connectivity index (χ4n) is 3.16. The van der Waals surface area contributed by atoms with Gasteiger partial charge in [0.15, 0.2) is 0 Å². The molecule has 1 heterocycles. The highest BCUT2D eigenvalue weighted by Crippen LogP contribution is 2.22. The maximum atomic E-state index is 12.9. The number of aromatic carboxylic acids is 2. The third-order valence-corrected chi connectivity index (χ3v) is 4.61. The molecule has 164 valence electrons. The average molecular weight is 438 g/mol. The zero-order chi connectivity index (χ0) is 23.4. The number of carboxylic acid groups (broad SMARTS) is 2. The van der Waals surface area contributed by atoms with Gasteiger partial charge in [0.1, 0.15) is 5.82 Å². The van der Waals surface area contributed by atoms with Crippen molar-refractivity contribution in [1.82, 2.24) is 9.99 Å². The molecule has 2 aromatic carbocycles. The van der Waals surface area contributed by atoms with Crippen LogP contribution in [0.25, 0.3) is 5.69 Å². The Balaban J connectivity index is 1.82. The SMILES string of the molecule is Cc1cc(/C=N/NC(=O)Nc2ccc(F)cc2)c(C)n1-c1cc(C(=O)O)cc(C(=O)O)c1. The molecular weight excluding hydrogens is 419 g/mol. The first-order chi connectivity index (χ1) is 15.2. The van der Waals surface area contributed by atoms with Crippen LogP contribution in [0.3, 0.4) is 0 Å². The first-order valence-corrected chi connectivity index (χ1v) is 9.32. The highest BCUT2D eigenvalue weighted by atomic mass is 19.1. The number of halogens is 1. The number of urea groups is 1. The molecule has 4 N–H and O–H groups in total. The number of anilines is 1. The maximum absolute atomic E-state index is 12.9. The molecule has 3 rings (SSSR count). The molecule has 2 amide bonds. The molecule has 1 aromatic heterocycles. The fraction of sp³-hybridized carbons (Fsp3) is 0.0909. The van der Waals surface area contributed by atoms with E-state index in [4.69, 9.17) is 0 Å². The van der Waals surface area contributed by atoms with Crippen LogP contribution in [0.5, 0.6) is 0 Å². The lowest BCUT2D eigenvalue weighted by Crippen LogP contribution is -2.24. The third-order valence-electron chi connectivity index (χ3n) is 4.61. The van der Waals surface area contributed by atoms with Gasteiger partial charge in [-0.25, -0.2) is 24.2 Å². The van der Waals surface area contributed by atoms with Crippen molar-refractivity contribution >= 4 is 29.9 Å². The largest absolute Gasteiger partial charge is 0.478 e. The summed E-state index contributed by atoms with van der Waals surface area (Å²) in [6.07, 6.45) is 1.40. The molecule has 0 bridgehead atoms. The van der Waals surface area contributed by atoms with Gasteiger partial charge in [-0.1, -0.05) is 0 Å². The first kappa shape index (κ1) is 22.2. The van der Waals surface area contributed by atoms with Gasteiger partial charge in [-0.05, 0) is 62.4 Å². The zero-order valence-corrected chi connectivity index (χ0v) is 17.1. The fourth-order valence-corrected chi connectivity index (χ4v) is 3.16. The van der Waals surface area contributed by atoms with E-state index < -0.39 is 23.8 Å². The van der Waals surface area contributed by atoms with E-state index in [2.05, 4.69) is 15.8 Å². The van der Waals surface area contributed by atoms with Gasteiger partial charge in [0.25, 0.3) is 0 Å². The van der Waals surface area contributed by atoms with Crippen molar-refractivity contribution in [2.45, 2.75) is 13.8 Å².